The molecule has 3 aliphatic heterocycles. The predicted molar refractivity (Wildman–Crippen MR) is 124 cm³/mol. The summed E-state index contributed by atoms with van der Waals surface area (Å²) < 4.78 is 5.98. The van der Waals surface area contributed by atoms with Crippen LogP contribution in [0, 0.1) is 17.8 Å². The number of carbonyl (C=O) groups excluding carboxylic acids is 2. The number of nitrogens with zero attached hydrogens (tertiary/aromatic N) is 2. The Kier molecular flexibility index (Phi) is 6.07. The highest BCUT2D eigenvalue weighted by molar-refractivity contribution is 5.95. The van der Waals surface area contributed by atoms with E-state index in [1.807, 2.05) is 0 Å². The van der Waals surface area contributed by atoms with Gasteiger partial charge in [0.15, 0.2) is 0 Å². The summed E-state index contributed by atoms with van der Waals surface area (Å²) in [6, 6.07) is 0.574. The molecule has 3 saturated heterocycles. The van der Waals surface area contributed by atoms with Crippen molar-refractivity contribution in [2.75, 3.05) is 13.2 Å². The molecule has 0 spiro atoms. The van der Waals surface area contributed by atoms with E-state index in [1.165, 1.54) is 12.8 Å². The molecule has 1 N–H and O–H groups in total. The number of amides is 2. The van der Waals surface area contributed by atoms with Crippen molar-refractivity contribution in [1.29, 1.82) is 0 Å². The fourth-order valence-corrected chi connectivity index (χ4v) is 7.62. The molecule has 7 atom stereocenters. The molecule has 3 heterocycles. The number of ether oxygens (including phenoxy) is 1. The molecule has 6 nitrogen and oxygen atoms in total. The van der Waals surface area contributed by atoms with Crippen molar-refractivity contribution in [1.82, 2.24) is 15.1 Å². The third kappa shape index (κ3) is 3.79. The first-order valence-corrected chi connectivity index (χ1v) is 13.3. The maximum atomic E-state index is 14.1. The Morgan fingerprint density at radius 1 is 0.969 bits per heavy atom. The molecule has 5 fully saturated rings. The molecule has 2 aliphatic carbocycles. The topological polar surface area (TPSA) is 61.9 Å². The maximum absolute atomic E-state index is 14.1. The number of piperazine rings is 1. The van der Waals surface area contributed by atoms with E-state index in [4.69, 9.17) is 4.74 Å². The van der Waals surface area contributed by atoms with Gasteiger partial charge in [-0.1, -0.05) is 20.8 Å². The lowest BCUT2D eigenvalue weighted by Gasteiger charge is -2.55. The van der Waals surface area contributed by atoms with Gasteiger partial charge in [-0.2, -0.15) is 0 Å². The van der Waals surface area contributed by atoms with Crippen LogP contribution in [0.2, 0.25) is 0 Å². The van der Waals surface area contributed by atoms with Gasteiger partial charge in [0.05, 0.1) is 12.1 Å². The standard InChI is InChI=1S/C26H43N3O3/c1-16-5-8-19(9-6-16)27-25(31)26(4)15-28-21-11-12-32-23(21)14-22(28)24(30)29(26)20-10-7-17(2)13-18(20)3/h16-23H,5-15H2,1-4H3,(H,27,31). The smallest absolute Gasteiger partial charge is 0.247 e. The molecule has 0 aromatic rings. The summed E-state index contributed by atoms with van der Waals surface area (Å²) in [7, 11) is 0. The van der Waals surface area contributed by atoms with Crippen LogP contribution in [-0.4, -0.2) is 70.6 Å². The fourth-order valence-electron chi connectivity index (χ4n) is 7.62. The first-order valence-electron chi connectivity index (χ1n) is 13.3. The van der Waals surface area contributed by atoms with Crippen LogP contribution in [0.3, 0.4) is 0 Å². The molecule has 5 aliphatic rings. The lowest BCUT2D eigenvalue weighted by Crippen LogP contribution is -2.75. The number of carbonyl (C=O) groups is 2. The van der Waals surface area contributed by atoms with Crippen molar-refractivity contribution < 1.29 is 14.3 Å². The number of nitrogens with one attached hydrogen (secondary N) is 1. The Bertz CT molecular complexity index is 736. The minimum atomic E-state index is -0.812. The van der Waals surface area contributed by atoms with Gasteiger partial charge in [0.25, 0.3) is 0 Å². The van der Waals surface area contributed by atoms with Crippen molar-refractivity contribution in [3.05, 3.63) is 0 Å². The summed E-state index contributed by atoms with van der Waals surface area (Å²) in [5.74, 6) is 2.11. The summed E-state index contributed by atoms with van der Waals surface area (Å²) >= 11 is 0. The van der Waals surface area contributed by atoms with Crippen molar-refractivity contribution in [3.63, 3.8) is 0 Å². The van der Waals surface area contributed by atoms with Crippen LogP contribution in [-0.2, 0) is 14.3 Å². The summed E-state index contributed by atoms with van der Waals surface area (Å²) in [5, 5.41) is 3.41. The van der Waals surface area contributed by atoms with Crippen LogP contribution in [0.5, 0.6) is 0 Å². The number of hydrogen-bond donors (Lipinski definition) is 1. The molecule has 32 heavy (non-hydrogen) atoms. The van der Waals surface area contributed by atoms with Crippen LogP contribution < -0.4 is 5.32 Å². The molecule has 0 bridgehead atoms. The van der Waals surface area contributed by atoms with E-state index < -0.39 is 5.54 Å². The average Bonchev–Trinajstić information content (AvgIpc) is 3.34. The van der Waals surface area contributed by atoms with Gasteiger partial charge in [-0.05, 0) is 82.5 Å². The van der Waals surface area contributed by atoms with E-state index in [2.05, 4.69) is 42.8 Å². The zero-order valence-electron chi connectivity index (χ0n) is 20.5. The van der Waals surface area contributed by atoms with E-state index in [9.17, 15) is 9.59 Å². The highest BCUT2D eigenvalue weighted by Crippen LogP contribution is 2.44. The molecule has 0 aromatic carbocycles. The van der Waals surface area contributed by atoms with Gasteiger partial charge in [-0.3, -0.25) is 14.5 Å². The molecule has 6 heteroatoms. The largest absolute Gasteiger partial charge is 0.376 e. The maximum Gasteiger partial charge on any atom is 0.247 e. The average molecular weight is 446 g/mol. The molecule has 7 unspecified atom stereocenters. The van der Waals surface area contributed by atoms with Crippen LogP contribution >= 0.6 is 0 Å². The molecular formula is C26H43N3O3. The van der Waals surface area contributed by atoms with Gasteiger partial charge in [-0.25, -0.2) is 0 Å². The van der Waals surface area contributed by atoms with Crippen LogP contribution in [0.25, 0.3) is 0 Å². The molecular weight excluding hydrogens is 402 g/mol. The van der Waals surface area contributed by atoms with Gasteiger partial charge in [0.2, 0.25) is 11.8 Å². The molecule has 0 radical (unpaired) electrons. The van der Waals surface area contributed by atoms with E-state index in [0.717, 1.165) is 57.5 Å². The molecule has 2 amide bonds. The minimum Gasteiger partial charge on any atom is -0.376 e. The van der Waals surface area contributed by atoms with Crippen LogP contribution in [0.15, 0.2) is 0 Å². The second-order valence-corrected chi connectivity index (χ2v) is 12.1. The second-order valence-electron chi connectivity index (χ2n) is 12.1. The van der Waals surface area contributed by atoms with Crippen molar-refractivity contribution in [2.24, 2.45) is 17.8 Å². The number of rotatable bonds is 3. The lowest BCUT2D eigenvalue weighted by atomic mass is 9.76. The Morgan fingerprint density at radius 2 is 1.69 bits per heavy atom. The third-order valence-corrected chi connectivity index (χ3v) is 9.56. The zero-order chi connectivity index (χ0) is 22.6. The Morgan fingerprint density at radius 3 is 2.41 bits per heavy atom. The van der Waals surface area contributed by atoms with Crippen LogP contribution in [0.4, 0.5) is 0 Å². The Labute approximate surface area is 193 Å². The zero-order valence-corrected chi connectivity index (χ0v) is 20.5. The highest BCUT2D eigenvalue weighted by atomic mass is 16.5. The molecule has 5 rings (SSSR count). The van der Waals surface area contributed by atoms with Gasteiger partial charge in [0.1, 0.15) is 5.54 Å². The molecule has 0 aromatic heterocycles. The van der Waals surface area contributed by atoms with E-state index in [1.54, 1.807) is 0 Å². The van der Waals surface area contributed by atoms with Gasteiger partial charge in [0, 0.05) is 31.3 Å². The first kappa shape index (κ1) is 22.6. The summed E-state index contributed by atoms with van der Waals surface area (Å²) in [5.41, 5.74) is -0.812. The van der Waals surface area contributed by atoms with E-state index >= 15 is 0 Å². The van der Waals surface area contributed by atoms with Gasteiger partial charge < -0.3 is 15.0 Å². The summed E-state index contributed by atoms with van der Waals surface area (Å²) in [6.07, 6.45) is 9.66. The SMILES string of the molecule is CC1CCC(NC(=O)C2(C)CN3C(CC4OCCC43)C(=O)N2C2CCC(C)CC2C)CC1. The van der Waals surface area contributed by atoms with Gasteiger partial charge in [-0.15, -0.1) is 0 Å². The molecule has 180 valence electrons. The van der Waals surface area contributed by atoms with Crippen molar-refractivity contribution >= 4 is 11.8 Å². The monoisotopic (exact) mass is 445 g/mol. The van der Waals surface area contributed by atoms with E-state index in [0.29, 0.717) is 18.4 Å². The Balaban J connectivity index is 1.43. The second kappa shape index (κ2) is 8.57. The number of hydrogen-bond acceptors (Lipinski definition) is 4. The fraction of sp³-hybridized carbons (Fsp3) is 0.923. The highest BCUT2D eigenvalue weighted by Gasteiger charge is 2.60. The van der Waals surface area contributed by atoms with Crippen LogP contribution in [0.1, 0.15) is 85.5 Å². The quantitative estimate of drug-likeness (QED) is 0.724. The summed E-state index contributed by atoms with van der Waals surface area (Å²) in [6.45, 7) is 10.4. The van der Waals surface area contributed by atoms with Crippen molar-refractivity contribution in [2.45, 2.75) is 121 Å². The minimum absolute atomic E-state index is 0.0667. The summed E-state index contributed by atoms with van der Waals surface area (Å²) in [4.78, 5) is 32.4. The van der Waals surface area contributed by atoms with Gasteiger partial charge >= 0.3 is 0 Å². The van der Waals surface area contributed by atoms with Crippen molar-refractivity contribution in [3.8, 4) is 0 Å². The number of fused-ring (bicyclic) bond motifs is 3. The Hall–Kier alpha value is -1.14. The first-order chi connectivity index (χ1) is 15.3. The third-order valence-electron chi connectivity index (χ3n) is 9.56. The predicted octanol–water partition coefficient (Wildman–Crippen LogP) is 3.34. The molecule has 2 saturated carbocycles. The normalized spacial score (nSPS) is 47.2. The lowest BCUT2D eigenvalue weighted by molar-refractivity contribution is -0.168. The van der Waals surface area contributed by atoms with E-state index in [-0.39, 0.29) is 42.1 Å².